The monoisotopic (exact) mass is 458 g/mol. The SMILES string of the molecule is CCCCCCc1cc(F)c(C#Cc2ccc(C#Cc3ccc(SC)cc3)c(C)c2)c(F)c1. The number of rotatable bonds is 6. The van der Waals surface area contributed by atoms with Crippen molar-refractivity contribution in [3.8, 4) is 23.7 Å². The van der Waals surface area contributed by atoms with Crippen molar-refractivity contribution in [3.63, 3.8) is 0 Å². The molecule has 0 bridgehead atoms. The molecule has 33 heavy (non-hydrogen) atoms. The topological polar surface area (TPSA) is 0 Å². The Labute approximate surface area is 200 Å². The Morgan fingerprint density at radius 3 is 2.06 bits per heavy atom. The summed E-state index contributed by atoms with van der Waals surface area (Å²) < 4.78 is 29.0. The van der Waals surface area contributed by atoms with E-state index in [1.165, 1.54) is 17.0 Å². The minimum Gasteiger partial charge on any atom is -0.206 e. The number of unbranched alkanes of at least 4 members (excludes halogenated alkanes) is 3. The maximum atomic E-state index is 14.5. The van der Waals surface area contributed by atoms with Crippen LogP contribution in [0.1, 0.15) is 66.0 Å². The largest absolute Gasteiger partial charge is 0.206 e. The highest BCUT2D eigenvalue weighted by Gasteiger charge is 2.09. The van der Waals surface area contributed by atoms with Gasteiger partial charge in [0.1, 0.15) is 11.6 Å². The van der Waals surface area contributed by atoms with E-state index in [1.54, 1.807) is 11.8 Å². The van der Waals surface area contributed by atoms with Crippen molar-refractivity contribution in [2.45, 2.75) is 50.8 Å². The molecular formula is C30H28F2S. The fourth-order valence-electron chi connectivity index (χ4n) is 3.48. The Hall–Kier alpha value is -3.01. The molecule has 0 aliphatic rings. The summed E-state index contributed by atoms with van der Waals surface area (Å²) in [7, 11) is 0. The fourth-order valence-corrected chi connectivity index (χ4v) is 3.88. The van der Waals surface area contributed by atoms with Crippen LogP contribution >= 0.6 is 11.8 Å². The van der Waals surface area contributed by atoms with Crippen LogP contribution in [0.5, 0.6) is 0 Å². The van der Waals surface area contributed by atoms with Gasteiger partial charge in [-0.1, -0.05) is 49.9 Å². The maximum Gasteiger partial charge on any atom is 0.142 e. The second-order valence-corrected chi connectivity index (χ2v) is 8.88. The second-order valence-electron chi connectivity index (χ2n) is 8.00. The van der Waals surface area contributed by atoms with Gasteiger partial charge in [0.25, 0.3) is 0 Å². The van der Waals surface area contributed by atoms with Crippen LogP contribution in [0.2, 0.25) is 0 Å². The summed E-state index contributed by atoms with van der Waals surface area (Å²) in [4.78, 5) is 1.20. The molecule has 3 aromatic carbocycles. The van der Waals surface area contributed by atoms with Crippen molar-refractivity contribution >= 4 is 11.8 Å². The van der Waals surface area contributed by atoms with E-state index in [1.807, 2.05) is 43.5 Å². The number of benzene rings is 3. The van der Waals surface area contributed by atoms with E-state index >= 15 is 0 Å². The van der Waals surface area contributed by atoms with Gasteiger partial charge in [-0.2, -0.15) is 0 Å². The van der Waals surface area contributed by atoms with Gasteiger partial charge in [-0.15, -0.1) is 11.8 Å². The Bertz CT molecular complexity index is 1200. The zero-order chi connectivity index (χ0) is 23.6. The van der Waals surface area contributed by atoms with E-state index in [2.05, 4.69) is 42.7 Å². The molecule has 0 heterocycles. The summed E-state index contributed by atoms with van der Waals surface area (Å²) in [5.74, 6) is 10.7. The first-order valence-corrected chi connectivity index (χ1v) is 12.5. The van der Waals surface area contributed by atoms with Crippen LogP contribution in [0.4, 0.5) is 8.78 Å². The van der Waals surface area contributed by atoms with Crippen LogP contribution < -0.4 is 0 Å². The van der Waals surface area contributed by atoms with E-state index in [9.17, 15) is 8.78 Å². The highest BCUT2D eigenvalue weighted by Crippen LogP contribution is 2.18. The van der Waals surface area contributed by atoms with Gasteiger partial charge in [0.15, 0.2) is 0 Å². The first-order chi connectivity index (χ1) is 16.0. The number of hydrogen-bond acceptors (Lipinski definition) is 1. The minimum absolute atomic E-state index is 0.178. The predicted octanol–water partition coefficient (Wildman–Crippen LogP) is 7.92. The lowest BCUT2D eigenvalue weighted by Crippen LogP contribution is -1.95. The fraction of sp³-hybridized carbons (Fsp3) is 0.267. The Morgan fingerprint density at radius 2 is 1.42 bits per heavy atom. The molecular weight excluding hydrogens is 430 g/mol. The lowest BCUT2D eigenvalue weighted by molar-refractivity contribution is 0.571. The molecule has 0 unspecified atom stereocenters. The molecule has 0 amide bonds. The van der Waals surface area contributed by atoms with Gasteiger partial charge < -0.3 is 0 Å². The van der Waals surface area contributed by atoms with E-state index in [4.69, 9.17) is 0 Å². The summed E-state index contributed by atoms with van der Waals surface area (Å²) in [6.07, 6.45) is 7.02. The first kappa shape index (κ1) is 24.6. The van der Waals surface area contributed by atoms with Crippen molar-refractivity contribution in [2.24, 2.45) is 0 Å². The molecule has 0 radical (unpaired) electrons. The molecule has 0 aliphatic carbocycles. The summed E-state index contributed by atoms with van der Waals surface area (Å²) in [6.45, 7) is 4.10. The molecule has 0 nitrogen and oxygen atoms in total. The molecule has 3 rings (SSSR count). The highest BCUT2D eigenvalue weighted by molar-refractivity contribution is 7.98. The quantitative estimate of drug-likeness (QED) is 0.205. The average molecular weight is 459 g/mol. The Balaban J connectivity index is 1.73. The van der Waals surface area contributed by atoms with Crippen molar-refractivity contribution in [3.05, 3.63) is 99.6 Å². The smallest absolute Gasteiger partial charge is 0.142 e. The van der Waals surface area contributed by atoms with Gasteiger partial charge in [0.05, 0.1) is 5.56 Å². The zero-order valence-corrected chi connectivity index (χ0v) is 20.2. The maximum absolute atomic E-state index is 14.5. The van der Waals surface area contributed by atoms with Crippen LogP contribution in [-0.4, -0.2) is 6.26 Å². The summed E-state index contributed by atoms with van der Waals surface area (Å²) >= 11 is 1.70. The van der Waals surface area contributed by atoms with Gasteiger partial charge >= 0.3 is 0 Å². The predicted molar refractivity (Wildman–Crippen MR) is 136 cm³/mol. The molecule has 0 fully saturated rings. The number of thioether (sulfide) groups is 1. The van der Waals surface area contributed by atoms with Gasteiger partial charge in [-0.25, -0.2) is 8.78 Å². The number of aryl methyl sites for hydroxylation is 2. The Kier molecular flexibility index (Phi) is 9.17. The van der Waals surface area contributed by atoms with Crippen LogP contribution in [0.15, 0.2) is 59.5 Å². The van der Waals surface area contributed by atoms with Crippen molar-refractivity contribution in [1.82, 2.24) is 0 Å². The van der Waals surface area contributed by atoms with Crippen LogP contribution in [0.3, 0.4) is 0 Å². The first-order valence-electron chi connectivity index (χ1n) is 11.3. The Morgan fingerprint density at radius 1 is 0.758 bits per heavy atom. The lowest BCUT2D eigenvalue weighted by atomic mass is 10.0. The van der Waals surface area contributed by atoms with Crippen molar-refractivity contribution < 1.29 is 8.78 Å². The normalized spacial score (nSPS) is 10.2. The molecule has 3 aromatic rings. The van der Waals surface area contributed by atoms with E-state index < -0.39 is 11.6 Å². The van der Waals surface area contributed by atoms with Crippen LogP contribution in [0, 0.1) is 42.2 Å². The zero-order valence-electron chi connectivity index (χ0n) is 19.4. The third-order valence-corrected chi connectivity index (χ3v) is 6.15. The molecule has 0 N–H and O–H groups in total. The summed E-state index contributed by atoms with van der Waals surface area (Å²) in [6, 6.07) is 16.6. The second kappa shape index (κ2) is 12.3. The molecule has 0 atom stereocenters. The van der Waals surface area contributed by atoms with E-state index in [0.717, 1.165) is 42.4 Å². The molecule has 0 saturated carbocycles. The molecule has 0 saturated heterocycles. The van der Waals surface area contributed by atoms with Crippen LogP contribution in [-0.2, 0) is 6.42 Å². The number of hydrogen-bond donors (Lipinski definition) is 0. The number of halogens is 2. The standard InChI is InChI=1S/C30H28F2S/c1-4-5-6-7-8-25-20-29(31)28(30(32)21-25)18-13-24-10-15-26(22(2)19-24)14-9-23-11-16-27(33-3)17-12-23/h10-12,15-17,19-21H,4-8H2,1-3H3. The minimum atomic E-state index is -0.598. The van der Waals surface area contributed by atoms with Crippen molar-refractivity contribution in [1.29, 1.82) is 0 Å². The molecule has 0 aliphatic heterocycles. The van der Waals surface area contributed by atoms with Gasteiger partial charge in [0.2, 0.25) is 0 Å². The molecule has 168 valence electrons. The molecule has 0 aromatic heterocycles. The third-order valence-electron chi connectivity index (χ3n) is 5.41. The van der Waals surface area contributed by atoms with Gasteiger partial charge in [0, 0.05) is 21.6 Å². The highest BCUT2D eigenvalue weighted by atomic mass is 32.2. The summed E-state index contributed by atoms with van der Waals surface area (Å²) in [5, 5.41) is 0. The van der Waals surface area contributed by atoms with Gasteiger partial charge in [-0.05, 0) is 91.7 Å². The van der Waals surface area contributed by atoms with Gasteiger partial charge in [-0.3, -0.25) is 0 Å². The summed E-state index contributed by atoms with van der Waals surface area (Å²) in [5.41, 5.74) is 4.04. The average Bonchev–Trinajstić information content (AvgIpc) is 2.81. The van der Waals surface area contributed by atoms with Crippen molar-refractivity contribution in [2.75, 3.05) is 6.26 Å². The van der Waals surface area contributed by atoms with E-state index in [0.29, 0.717) is 17.5 Å². The van der Waals surface area contributed by atoms with Crippen LogP contribution in [0.25, 0.3) is 0 Å². The lowest BCUT2D eigenvalue weighted by Gasteiger charge is -2.04. The van der Waals surface area contributed by atoms with E-state index in [-0.39, 0.29) is 5.56 Å². The molecule has 0 spiro atoms. The third kappa shape index (κ3) is 7.24. The molecule has 3 heteroatoms.